The van der Waals surface area contributed by atoms with Gasteiger partial charge in [0.25, 0.3) is 0 Å². The second kappa shape index (κ2) is 5.09. The highest BCUT2D eigenvalue weighted by Gasteiger charge is 2.17. The van der Waals surface area contributed by atoms with E-state index >= 15 is 0 Å². The molecule has 0 bridgehead atoms. The Morgan fingerprint density at radius 1 is 1.47 bits per heavy atom. The van der Waals surface area contributed by atoms with Gasteiger partial charge in [-0.2, -0.15) is 5.26 Å². The number of sulfonamides is 1. The van der Waals surface area contributed by atoms with Crippen molar-refractivity contribution in [3.8, 4) is 6.07 Å². The van der Waals surface area contributed by atoms with Gasteiger partial charge in [-0.3, -0.25) is 0 Å². The average Bonchev–Trinajstić information content (AvgIpc) is 2.89. The third-order valence-electron chi connectivity index (χ3n) is 2.41. The number of H-pyrrole nitrogens is 1. The summed E-state index contributed by atoms with van der Waals surface area (Å²) in [6.07, 6.45) is 3.12. The summed E-state index contributed by atoms with van der Waals surface area (Å²) in [7, 11) is -3.74. The lowest BCUT2D eigenvalue weighted by Gasteiger charge is -2.08. The van der Waals surface area contributed by atoms with Crippen LogP contribution in [0.4, 0.5) is 5.69 Å². The lowest BCUT2D eigenvalue weighted by Crippen LogP contribution is -2.24. The highest BCUT2D eigenvalue weighted by molar-refractivity contribution is 7.89. The van der Waals surface area contributed by atoms with E-state index in [1.807, 2.05) is 6.07 Å². The summed E-state index contributed by atoms with van der Waals surface area (Å²) in [5, 5.41) is 8.70. The molecule has 7 nitrogen and oxygen atoms in total. The zero-order valence-corrected chi connectivity index (χ0v) is 10.6. The Kier molecular flexibility index (Phi) is 3.50. The van der Waals surface area contributed by atoms with Crippen LogP contribution in [0, 0.1) is 11.3 Å². The normalized spacial score (nSPS) is 11.1. The number of imidazole rings is 1. The minimum atomic E-state index is -3.74. The summed E-state index contributed by atoms with van der Waals surface area (Å²) < 4.78 is 26.4. The first-order valence-corrected chi connectivity index (χ1v) is 6.79. The molecule has 4 N–H and O–H groups in total. The summed E-state index contributed by atoms with van der Waals surface area (Å²) in [6.45, 7) is 0.0365. The summed E-state index contributed by atoms with van der Waals surface area (Å²) in [6, 6.07) is 5.92. The van der Waals surface area contributed by atoms with Gasteiger partial charge in [-0.05, 0) is 18.2 Å². The van der Waals surface area contributed by atoms with Crippen LogP contribution in [0.5, 0.6) is 0 Å². The maximum atomic E-state index is 12.0. The van der Waals surface area contributed by atoms with Gasteiger partial charge in [-0.1, -0.05) is 0 Å². The summed E-state index contributed by atoms with van der Waals surface area (Å²) in [5.74, 6) is 0.496. The molecule has 0 amide bonds. The van der Waals surface area contributed by atoms with Crippen molar-refractivity contribution >= 4 is 15.7 Å². The van der Waals surface area contributed by atoms with Gasteiger partial charge >= 0.3 is 0 Å². The van der Waals surface area contributed by atoms with Crippen LogP contribution in [0.25, 0.3) is 0 Å². The monoisotopic (exact) mass is 277 g/mol. The SMILES string of the molecule is N#Cc1ccc(S(=O)(=O)NCc2ncc[nH]2)c(N)c1. The van der Waals surface area contributed by atoms with Crippen molar-refractivity contribution in [1.29, 1.82) is 5.26 Å². The third-order valence-corrected chi connectivity index (χ3v) is 3.89. The van der Waals surface area contributed by atoms with Gasteiger partial charge in [0.05, 0.1) is 23.9 Å². The molecule has 8 heteroatoms. The van der Waals surface area contributed by atoms with Crippen LogP contribution < -0.4 is 10.5 Å². The third kappa shape index (κ3) is 2.90. The first-order valence-electron chi connectivity index (χ1n) is 5.30. The summed E-state index contributed by atoms with van der Waals surface area (Å²) in [5.41, 5.74) is 5.98. The minimum absolute atomic E-state index is 0.0333. The number of nitrogens with zero attached hydrogens (tertiary/aromatic N) is 2. The zero-order chi connectivity index (χ0) is 13.9. The number of nitrogens with one attached hydrogen (secondary N) is 2. The Bertz CT molecular complexity index is 716. The number of hydrogen-bond acceptors (Lipinski definition) is 5. The van der Waals surface area contributed by atoms with Crippen molar-refractivity contribution in [1.82, 2.24) is 14.7 Å². The van der Waals surface area contributed by atoms with Gasteiger partial charge in [0.2, 0.25) is 10.0 Å². The maximum Gasteiger partial charge on any atom is 0.243 e. The van der Waals surface area contributed by atoms with Crippen molar-refractivity contribution in [2.75, 3.05) is 5.73 Å². The molecule has 0 unspecified atom stereocenters. The number of aromatic amines is 1. The second-order valence-electron chi connectivity index (χ2n) is 3.72. The largest absolute Gasteiger partial charge is 0.398 e. The number of anilines is 1. The molecule has 98 valence electrons. The first-order chi connectivity index (χ1) is 9.03. The zero-order valence-electron chi connectivity index (χ0n) is 9.79. The van der Waals surface area contributed by atoms with Crippen LogP contribution in [0.2, 0.25) is 0 Å². The molecule has 2 aromatic rings. The number of aromatic nitrogens is 2. The standard InChI is InChI=1S/C11H11N5O2S/c12-6-8-1-2-10(9(13)5-8)19(17,18)16-7-11-14-3-4-15-11/h1-5,16H,7,13H2,(H,14,15). The van der Waals surface area contributed by atoms with E-state index < -0.39 is 10.0 Å². The molecule has 19 heavy (non-hydrogen) atoms. The van der Waals surface area contributed by atoms with Crippen molar-refractivity contribution in [3.63, 3.8) is 0 Å². The van der Waals surface area contributed by atoms with Crippen molar-refractivity contribution in [3.05, 3.63) is 42.0 Å². The molecular formula is C11H11N5O2S. The smallest absolute Gasteiger partial charge is 0.243 e. The fraction of sp³-hybridized carbons (Fsp3) is 0.0909. The fourth-order valence-corrected chi connectivity index (χ4v) is 2.60. The van der Waals surface area contributed by atoms with Crippen LogP contribution in [0.15, 0.2) is 35.5 Å². The molecule has 0 atom stereocenters. The Morgan fingerprint density at radius 2 is 2.26 bits per heavy atom. The average molecular weight is 277 g/mol. The highest BCUT2D eigenvalue weighted by Crippen LogP contribution is 2.19. The number of benzene rings is 1. The molecule has 1 heterocycles. The molecule has 0 aliphatic rings. The van der Waals surface area contributed by atoms with E-state index in [1.54, 1.807) is 6.20 Å². The Morgan fingerprint density at radius 3 is 2.84 bits per heavy atom. The summed E-state index contributed by atoms with van der Waals surface area (Å²) in [4.78, 5) is 6.63. The molecule has 1 aromatic carbocycles. The Labute approximate surface area is 110 Å². The van der Waals surface area contributed by atoms with Crippen molar-refractivity contribution in [2.24, 2.45) is 0 Å². The molecule has 0 fully saturated rings. The molecule has 0 saturated carbocycles. The molecule has 0 radical (unpaired) electrons. The summed E-state index contributed by atoms with van der Waals surface area (Å²) >= 11 is 0. The predicted octanol–water partition coefficient (Wildman–Crippen LogP) is 0.342. The minimum Gasteiger partial charge on any atom is -0.398 e. The lowest BCUT2D eigenvalue weighted by atomic mass is 10.2. The number of rotatable bonds is 4. The Balaban J connectivity index is 2.22. The molecule has 0 aliphatic carbocycles. The molecular weight excluding hydrogens is 266 g/mol. The van der Waals surface area contributed by atoms with E-state index in [2.05, 4.69) is 14.7 Å². The quantitative estimate of drug-likeness (QED) is 0.695. The number of hydrogen-bond donors (Lipinski definition) is 3. The lowest BCUT2D eigenvalue weighted by molar-refractivity contribution is 0.580. The second-order valence-corrected chi connectivity index (χ2v) is 5.46. The number of nitriles is 1. The van der Waals surface area contributed by atoms with E-state index in [9.17, 15) is 8.42 Å². The van der Waals surface area contributed by atoms with Gasteiger partial charge < -0.3 is 10.7 Å². The topological polar surface area (TPSA) is 125 Å². The van der Waals surface area contributed by atoms with E-state index in [0.717, 1.165) is 0 Å². The van der Waals surface area contributed by atoms with Gasteiger partial charge in [0, 0.05) is 12.4 Å². The van der Waals surface area contributed by atoms with Crippen molar-refractivity contribution < 1.29 is 8.42 Å². The molecule has 1 aromatic heterocycles. The van der Waals surface area contributed by atoms with Crippen LogP contribution in [-0.2, 0) is 16.6 Å². The molecule has 2 rings (SSSR count). The van der Waals surface area contributed by atoms with Crippen LogP contribution in [-0.4, -0.2) is 18.4 Å². The number of nitrogens with two attached hydrogens (primary N) is 1. The van der Waals surface area contributed by atoms with Gasteiger partial charge in [-0.25, -0.2) is 18.1 Å². The van der Waals surface area contributed by atoms with Gasteiger partial charge in [0.1, 0.15) is 10.7 Å². The van der Waals surface area contributed by atoms with E-state index in [4.69, 9.17) is 11.0 Å². The van der Waals surface area contributed by atoms with E-state index in [1.165, 1.54) is 24.4 Å². The molecule has 0 saturated heterocycles. The van der Waals surface area contributed by atoms with Gasteiger partial charge in [-0.15, -0.1) is 0 Å². The van der Waals surface area contributed by atoms with Crippen LogP contribution in [0.1, 0.15) is 11.4 Å². The van der Waals surface area contributed by atoms with Crippen LogP contribution >= 0.6 is 0 Å². The van der Waals surface area contributed by atoms with Crippen LogP contribution in [0.3, 0.4) is 0 Å². The number of nitrogen functional groups attached to an aromatic ring is 1. The predicted molar refractivity (Wildman–Crippen MR) is 68.2 cm³/mol. The Hall–Kier alpha value is -2.37. The molecule has 0 spiro atoms. The van der Waals surface area contributed by atoms with E-state index in [0.29, 0.717) is 11.4 Å². The van der Waals surface area contributed by atoms with Gasteiger partial charge in [0.15, 0.2) is 0 Å². The highest BCUT2D eigenvalue weighted by atomic mass is 32.2. The maximum absolute atomic E-state index is 12.0. The first kappa shape index (κ1) is 13.1. The van der Waals surface area contributed by atoms with Crippen molar-refractivity contribution in [2.45, 2.75) is 11.4 Å². The fourth-order valence-electron chi connectivity index (χ4n) is 1.50. The molecule has 0 aliphatic heterocycles. The van der Waals surface area contributed by atoms with E-state index in [-0.39, 0.29) is 17.1 Å².